The third-order valence-corrected chi connectivity index (χ3v) is 2.88. The monoisotopic (exact) mass is 183 g/mol. The van der Waals surface area contributed by atoms with Crippen molar-refractivity contribution in [1.82, 2.24) is 10.2 Å². The van der Waals surface area contributed by atoms with Crippen LogP contribution >= 0.6 is 0 Å². The first-order valence-corrected chi connectivity index (χ1v) is 5.12. The van der Waals surface area contributed by atoms with E-state index >= 15 is 0 Å². The predicted octanol–water partition coefficient (Wildman–Crippen LogP) is 0.964. The summed E-state index contributed by atoms with van der Waals surface area (Å²) in [5.74, 6) is 0.798. The van der Waals surface area contributed by atoms with Crippen molar-refractivity contribution >= 4 is 6.21 Å². The van der Waals surface area contributed by atoms with E-state index in [9.17, 15) is 0 Å². The highest BCUT2D eigenvalue weighted by Gasteiger charge is 2.23. The van der Waals surface area contributed by atoms with E-state index in [2.05, 4.69) is 22.1 Å². The van der Waals surface area contributed by atoms with Crippen molar-refractivity contribution in [2.75, 3.05) is 26.8 Å². The SMILES string of the molecule is CC=NCN1CCC(C)C(NC)C1. The Kier molecular flexibility index (Phi) is 4.39. The van der Waals surface area contributed by atoms with Crippen molar-refractivity contribution in [3.05, 3.63) is 0 Å². The maximum absolute atomic E-state index is 4.26. The molecule has 1 rings (SSSR count). The molecule has 1 fully saturated rings. The molecule has 1 aliphatic heterocycles. The molecule has 0 saturated carbocycles. The van der Waals surface area contributed by atoms with Crippen molar-refractivity contribution in [1.29, 1.82) is 0 Å². The van der Waals surface area contributed by atoms with Crippen LogP contribution in [0.5, 0.6) is 0 Å². The zero-order valence-corrected chi connectivity index (χ0v) is 8.95. The Labute approximate surface area is 81.2 Å². The number of piperidine rings is 1. The minimum Gasteiger partial charge on any atom is -0.315 e. The van der Waals surface area contributed by atoms with E-state index in [4.69, 9.17) is 0 Å². The molecule has 0 bridgehead atoms. The Bertz CT molecular complexity index is 168. The molecule has 2 atom stereocenters. The molecule has 0 aromatic carbocycles. The van der Waals surface area contributed by atoms with E-state index in [0.29, 0.717) is 6.04 Å². The molecule has 3 nitrogen and oxygen atoms in total. The van der Waals surface area contributed by atoms with Crippen LogP contribution in [0.4, 0.5) is 0 Å². The highest BCUT2D eigenvalue weighted by atomic mass is 15.2. The largest absolute Gasteiger partial charge is 0.315 e. The van der Waals surface area contributed by atoms with Gasteiger partial charge in [0.2, 0.25) is 0 Å². The molecule has 1 aliphatic rings. The van der Waals surface area contributed by atoms with Gasteiger partial charge in [0.25, 0.3) is 0 Å². The van der Waals surface area contributed by atoms with Gasteiger partial charge < -0.3 is 5.32 Å². The summed E-state index contributed by atoms with van der Waals surface area (Å²) in [4.78, 5) is 6.67. The lowest BCUT2D eigenvalue weighted by Gasteiger charge is -2.35. The first kappa shape index (κ1) is 10.7. The summed E-state index contributed by atoms with van der Waals surface area (Å²) in [6.45, 7) is 7.48. The topological polar surface area (TPSA) is 27.6 Å². The van der Waals surface area contributed by atoms with Crippen LogP contribution in [-0.4, -0.2) is 44.0 Å². The van der Waals surface area contributed by atoms with Crippen LogP contribution in [0.2, 0.25) is 0 Å². The number of likely N-dealkylation sites (tertiary alicyclic amines) is 1. The van der Waals surface area contributed by atoms with Gasteiger partial charge in [-0.1, -0.05) is 6.92 Å². The van der Waals surface area contributed by atoms with E-state index < -0.39 is 0 Å². The Morgan fingerprint density at radius 1 is 1.62 bits per heavy atom. The smallest absolute Gasteiger partial charge is 0.0905 e. The molecule has 1 N–H and O–H groups in total. The van der Waals surface area contributed by atoms with Crippen molar-refractivity contribution in [3.8, 4) is 0 Å². The Morgan fingerprint density at radius 2 is 2.38 bits per heavy atom. The van der Waals surface area contributed by atoms with Crippen LogP contribution in [0.3, 0.4) is 0 Å². The quantitative estimate of drug-likeness (QED) is 0.660. The van der Waals surface area contributed by atoms with Crippen molar-refractivity contribution in [2.45, 2.75) is 26.3 Å². The molecule has 0 aromatic heterocycles. The van der Waals surface area contributed by atoms with Crippen molar-refractivity contribution in [3.63, 3.8) is 0 Å². The van der Waals surface area contributed by atoms with Crippen LogP contribution in [0.25, 0.3) is 0 Å². The Morgan fingerprint density at radius 3 is 3.00 bits per heavy atom. The lowest BCUT2D eigenvalue weighted by Crippen LogP contribution is -2.48. The molecule has 0 radical (unpaired) electrons. The third-order valence-electron chi connectivity index (χ3n) is 2.88. The van der Waals surface area contributed by atoms with Gasteiger partial charge in [-0.2, -0.15) is 0 Å². The number of hydrogen-bond donors (Lipinski definition) is 1. The Balaban J connectivity index is 2.35. The molecule has 0 spiro atoms. The van der Waals surface area contributed by atoms with Gasteiger partial charge in [-0.3, -0.25) is 9.89 Å². The van der Waals surface area contributed by atoms with Gasteiger partial charge in [0.05, 0.1) is 6.67 Å². The lowest BCUT2D eigenvalue weighted by atomic mass is 9.94. The summed E-state index contributed by atoms with van der Waals surface area (Å²) in [5.41, 5.74) is 0. The van der Waals surface area contributed by atoms with Gasteiger partial charge in [-0.25, -0.2) is 0 Å². The maximum Gasteiger partial charge on any atom is 0.0905 e. The molecule has 1 saturated heterocycles. The van der Waals surface area contributed by atoms with Gasteiger partial charge in [0.1, 0.15) is 0 Å². The maximum atomic E-state index is 4.26. The number of likely N-dealkylation sites (N-methyl/N-ethyl adjacent to an activating group) is 1. The number of nitrogens with zero attached hydrogens (tertiary/aromatic N) is 2. The van der Waals surface area contributed by atoms with Gasteiger partial charge >= 0.3 is 0 Å². The second kappa shape index (κ2) is 5.35. The molecule has 0 aromatic rings. The normalized spacial score (nSPS) is 31.3. The summed E-state index contributed by atoms with van der Waals surface area (Å²) < 4.78 is 0. The minimum atomic E-state index is 0.640. The molecule has 0 aliphatic carbocycles. The van der Waals surface area contributed by atoms with E-state index in [1.165, 1.54) is 13.0 Å². The molecule has 76 valence electrons. The summed E-state index contributed by atoms with van der Waals surface area (Å²) in [7, 11) is 2.05. The van der Waals surface area contributed by atoms with Crippen molar-refractivity contribution < 1.29 is 0 Å². The summed E-state index contributed by atoms with van der Waals surface area (Å²) >= 11 is 0. The first-order chi connectivity index (χ1) is 6.27. The summed E-state index contributed by atoms with van der Waals surface area (Å²) in [5, 5.41) is 3.37. The Hall–Kier alpha value is -0.410. The zero-order chi connectivity index (χ0) is 9.68. The third kappa shape index (κ3) is 3.08. The highest BCUT2D eigenvalue weighted by Crippen LogP contribution is 2.16. The van der Waals surface area contributed by atoms with Crippen LogP contribution in [-0.2, 0) is 0 Å². The van der Waals surface area contributed by atoms with Gasteiger partial charge in [-0.05, 0) is 32.5 Å². The fourth-order valence-corrected chi connectivity index (χ4v) is 1.84. The zero-order valence-electron chi connectivity index (χ0n) is 8.95. The number of nitrogens with one attached hydrogen (secondary N) is 1. The number of hydrogen-bond acceptors (Lipinski definition) is 3. The fraction of sp³-hybridized carbons (Fsp3) is 0.900. The van der Waals surface area contributed by atoms with Gasteiger partial charge in [0, 0.05) is 19.1 Å². The molecule has 2 unspecified atom stereocenters. The average Bonchev–Trinajstić information content (AvgIpc) is 2.16. The van der Waals surface area contributed by atoms with E-state index in [1.807, 2.05) is 20.2 Å². The predicted molar refractivity (Wildman–Crippen MR) is 57.2 cm³/mol. The second-order valence-electron chi connectivity index (χ2n) is 3.82. The molecule has 0 amide bonds. The standard InChI is InChI=1S/C10H21N3/c1-4-12-8-13-6-5-9(2)10(7-13)11-3/h4,9-11H,5-8H2,1-3H3. The van der Waals surface area contributed by atoms with Gasteiger partial charge in [0.15, 0.2) is 0 Å². The lowest BCUT2D eigenvalue weighted by molar-refractivity contribution is 0.157. The molecular formula is C10H21N3. The molecular weight excluding hydrogens is 162 g/mol. The minimum absolute atomic E-state index is 0.640. The van der Waals surface area contributed by atoms with Gasteiger partial charge in [-0.15, -0.1) is 0 Å². The van der Waals surface area contributed by atoms with E-state index in [0.717, 1.165) is 19.1 Å². The number of aliphatic imine (C=N–C) groups is 1. The van der Waals surface area contributed by atoms with Crippen LogP contribution in [0.15, 0.2) is 4.99 Å². The average molecular weight is 183 g/mol. The van der Waals surface area contributed by atoms with Crippen LogP contribution in [0.1, 0.15) is 20.3 Å². The first-order valence-electron chi connectivity index (χ1n) is 5.12. The van der Waals surface area contributed by atoms with Crippen molar-refractivity contribution in [2.24, 2.45) is 10.9 Å². The van der Waals surface area contributed by atoms with E-state index in [1.54, 1.807) is 0 Å². The molecule has 3 heteroatoms. The number of rotatable bonds is 3. The second-order valence-corrected chi connectivity index (χ2v) is 3.82. The van der Waals surface area contributed by atoms with Crippen LogP contribution < -0.4 is 5.32 Å². The van der Waals surface area contributed by atoms with Crippen LogP contribution in [0, 0.1) is 5.92 Å². The van der Waals surface area contributed by atoms with E-state index in [-0.39, 0.29) is 0 Å². The molecule has 13 heavy (non-hydrogen) atoms. The summed E-state index contributed by atoms with van der Waals surface area (Å²) in [6, 6.07) is 0.640. The fourth-order valence-electron chi connectivity index (χ4n) is 1.84. The highest BCUT2D eigenvalue weighted by molar-refractivity contribution is 5.53. The molecule has 1 heterocycles. The summed E-state index contributed by atoms with van der Waals surface area (Å²) in [6.07, 6.45) is 3.16.